The molecule has 26 heavy (non-hydrogen) atoms. The molecule has 138 valence electrons. The van der Waals surface area contributed by atoms with Gasteiger partial charge in [-0.25, -0.2) is 22.7 Å². The minimum Gasteiger partial charge on any atom is -0.481 e. The van der Waals surface area contributed by atoms with E-state index in [4.69, 9.17) is 4.74 Å². The van der Waals surface area contributed by atoms with Crippen molar-refractivity contribution in [3.63, 3.8) is 0 Å². The third-order valence-corrected chi connectivity index (χ3v) is 4.30. The molecule has 1 aromatic carbocycles. The highest BCUT2D eigenvalue weighted by Crippen LogP contribution is 2.16. The Balaban J connectivity index is 2.24. The maximum Gasteiger partial charge on any atom is 0.339 e. The summed E-state index contributed by atoms with van der Waals surface area (Å²) in [5.74, 6) is -2.59. The SMILES string of the molecule is COC(=O)c1ccccc1S(=O)(=O)NC(=O)Nc1nc(F)cc(OC)n1. The van der Waals surface area contributed by atoms with Crippen LogP contribution in [0.5, 0.6) is 5.88 Å². The Kier molecular flexibility index (Phi) is 5.67. The predicted octanol–water partition coefficient (Wildman–Crippen LogP) is 0.921. The second kappa shape index (κ2) is 7.74. The first-order valence-corrected chi connectivity index (χ1v) is 8.35. The molecule has 0 fully saturated rings. The molecule has 0 saturated carbocycles. The minimum absolute atomic E-state index is 0.174. The zero-order valence-corrected chi connectivity index (χ0v) is 14.3. The lowest BCUT2D eigenvalue weighted by Crippen LogP contribution is -2.35. The minimum atomic E-state index is -4.43. The molecular formula is C14H13FN4O6S. The van der Waals surface area contributed by atoms with E-state index in [2.05, 4.69) is 14.7 Å². The Morgan fingerprint density at radius 1 is 1.15 bits per heavy atom. The van der Waals surface area contributed by atoms with Crippen molar-refractivity contribution >= 4 is 28.0 Å². The Morgan fingerprint density at radius 2 is 1.85 bits per heavy atom. The lowest BCUT2D eigenvalue weighted by atomic mass is 10.2. The van der Waals surface area contributed by atoms with E-state index < -0.39 is 38.8 Å². The third kappa shape index (κ3) is 4.42. The molecule has 10 nitrogen and oxygen atoms in total. The van der Waals surface area contributed by atoms with Gasteiger partial charge in [0, 0.05) is 0 Å². The molecule has 12 heteroatoms. The maximum atomic E-state index is 13.3. The first-order valence-electron chi connectivity index (χ1n) is 6.86. The van der Waals surface area contributed by atoms with Crippen LogP contribution in [0.4, 0.5) is 15.1 Å². The Hall–Kier alpha value is -3.28. The van der Waals surface area contributed by atoms with Gasteiger partial charge in [-0.2, -0.15) is 14.4 Å². The van der Waals surface area contributed by atoms with Gasteiger partial charge in [-0.3, -0.25) is 5.32 Å². The zero-order chi connectivity index (χ0) is 19.3. The molecule has 2 amide bonds. The van der Waals surface area contributed by atoms with Gasteiger partial charge in [0.05, 0.1) is 25.8 Å². The summed E-state index contributed by atoms with van der Waals surface area (Å²) >= 11 is 0. The summed E-state index contributed by atoms with van der Waals surface area (Å²) in [7, 11) is -2.13. The number of amides is 2. The maximum absolute atomic E-state index is 13.3. The van der Waals surface area contributed by atoms with Gasteiger partial charge in [-0.05, 0) is 12.1 Å². The van der Waals surface area contributed by atoms with Crippen molar-refractivity contribution in [3.8, 4) is 5.88 Å². The van der Waals surface area contributed by atoms with Crippen LogP contribution in [0.3, 0.4) is 0 Å². The number of halogens is 1. The smallest absolute Gasteiger partial charge is 0.339 e. The number of aromatic nitrogens is 2. The molecule has 0 spiro atoms. The van der Waals surface area contributed by atoms with E-state index in [1.54, 1.807) is 4.72 Å². The average molecular weight is 384 g/mol. The van der Waals surface area contributed by atoms with Crippen LogP contribution in [0.15, 0.2) is 35.2 Å². The Bertz CT molecular complexity index is 950. The van der Waals surface area contributed by atoms with Gasteiger partial charge < -0.3 is 9.47 Å². The predicted molar refractivity (Wildman–Crippen MR) is 85.7 cm³/mol. The fourth-order valence-corrected chi connectivity index (χ4v) is 2.94. The monoisotopic (exact) mass is 384 g/mol. The number of esters is 1. The van der Waals surface area contributed by atoms with Crippen molar-refractivity contribution in [2.24, 2.45) is 0 Å². The van der Waals surface area contributed by atoms with Crippen molar-refractivity contribution in [1.82, 2.24) is 14.7 Å². The second-order valence-electron chi connectivity index (χ2n) is 4.60. The third-order valence-electron chi connectivity index (χ3n) is 2.91. The van der Waals surface area contributed by atoms with Gasteiger partial charge in [0.2, 0.25) is 17.8 Å². The molecule has 2 aromatic rings. The number of carbonyl (C=O) groups excluding carboxylic acids is 2. The highest BCUT2D eigenvalue weighted by atomic mass is 32.2. The summed E-state index contributed by atoms with van der Waals surface area (Å²) in [6.07, 6.45) is 0. The standard InChI is InChI=1S/C14H13FN4O6S/c1-24-11-7-10(15)16-13(17-11)18-14(21)19-26(22,23)9-6-4-3-5-8(9)12(20)25-2/h3-7H,1-2H3,(H2,16,17,18,19,21). The highest BCUT2D eigenvalue weighted by Gasteiger charge is 2.25. The van der Waals surface area contributed by atoms with Crippen molar-refractivity contribution in [1.29, 1.82) is 0 Å². The van der Waals surface area contributed by atoms with Gasteiger partial charge in [-0.1, -0.05) is 12.1 Å². The lowest BCUT2D eigenvalue weighted by Gasteiger charge is -2.11. The number of hydrogen-bond donors (Lipinski definition) is 2. The lowest BCUT2D eigenvalue weighted by molar-refractivity contribution is 0.0596. The van der Waals surface area contributed by atoms with Crippen LogP contribution >= 0.6 is 0 Å². The summed E-state index contributed by atoms with van der Waals surface area (Å²) in [5.41, 5.74) is -0.265. The molecule has 1 aromatic heterocycles. The quantitative estimate of drug-likeness (QED) is 0.574. The van der Waals surface area contributed by atoms with Crippen molar-refractivity contribution in [2.75, 3.05) is 19.5 Å². The molecule has 0 saturated heterocycles. The van der Waals surface area contributed by atoms with Gasteiger partial charge in [-0.15, -0.1) is 0 Å². The summed E-state index contributed by atoms with van der Waals surface area (Å²) in [6, 6.07) is 4.73. The fraction of sp³-hybridized carbons (Fsp3) is 0.143. The number of nitrogens with zero attached hydrogens (tertiary/aromatic N) is 2. The number of benzene rings is 1. The molecule has 2 N–H and O–H groups in total. The summed E-state index contributed by atoms with van der Waals surface area (Å²) in [5, 5.41) is 1.96. The molecule has 0 aliphatic rings. The van der Waals surface area contributed by atoms with Crippen molar-refractivity contribution in [2.45, 2.75) is 4.90 Å². The summed E-state index contributed by atoms with van der Waals surface area (Å²) < 4.78 is 48.8. The van der Waals surface area contributed by atoms with Gasteiger partial charge in [0.15, 0.2) is 0 Å². The molecule has 1 heterocycles. The molecule has 0 atom stereocenters. The summed E-state index contributed by atoms with van der Waals surface area (Å²) in [6.45, 7) is 0. The normalized spacial score (nSPS) is 10.7. The van der Waals surface area contributed by atoms with Crippen LogP contribution in [-0.4, -0.2) is 44.6 Å². The molecule has 0 unspecified atom stereocenters. The molecule has 0 aliphatic heterocycles. The Labute approximate surface area is 147 Å². The van der Waals surface area contributed by atoms with Gasteiger partial charge in [0.1, 0.15) is 4.90 Å². The molecule has 0 aliphatic carbocycles. The van der Waals surface area contributed by atoms with Crippen molar-refractivity contribution in [3.05, 3.63) is 41.8 Å². The number of rotatable bonds is 5. The van der Waals surface area contributed by atoms with Crippen molar-refractivity contribution < 1.29 is 31.9 Å². The van der Waals surface area contributed by atoms with Crippen LogP contribution in [0.1, 0.15) is 10.4 Å². The number of anilines is 1. The molecular weight excluding hydrogens is 371 g/mol. The zero-order valence-electron chi connectivity index (χ0n) is 13.5. The first-order chi connectivity index (χ1) is 12.3. The average Bonchev–Trinajstić information content (AvgIpc) is 2.59. The van der Waals surface area contributed by atoms with E-state index in [0.717, 1.165) is 19.2 Å². The van der Waals surface area contributed by atoms with Crippen LogP contribution in [-0.2, 0) is 14.8 Å². The highest BCUT2D eigenvalue weighted by molar-refractivity contribution is 7.90. The van der Waals surface area contributed by atoms with Gasteiger partial charge in [0.25, 0.3) is 10.0 Å². The number of nitrogens with one attached hydrogen (secondary N) is 2. The molecule has 0 radical (unpaired) electrons. The second-order valence-corrected chi connectivity index (χ2v) is 6.25. The number of carbonyl (C=O) groups is 2. The number of urea groups is 1. The number of methoxy groups -OCH3 is 2. The van der Waals surface area contributed by atoms with E-state index in [-0.39, 0.29) is 11.4 Å². The van der Waals surface area contributed by atoms with E-state index >= 15 is 0 Å². The Morgan fingerprint density at radius 3 is 2.50 bits per heavy atom. The molecule has 0 bridgehead atoms. The van der Waals surface area contributed by atoms with Crippen LogP contribution in [0.2, 0.25) is 0 Å². The topological polar surface area (TPSA) is 137 Å². The van der Waals surface area contributed by atoms with Crippen LogP contribution in [0, 0.1) is 5.95 Å². The van der Waals surface area contributed by atoms with E-state index in [1.807, 2.05) is 5.32 Å². The van der Waals surface area contributed by atoms with Gasteiger partial charge >= 0.3 is 12.0 Å². The van der Waals surface area contributed by atoms with E-state index in [1.165, 1.54) is 25.3 Å². The van der Waals surface area contributed by atoms with Crippen LogP contribution in [0.25, 0.3) is 0 Å². The van der Waals surface area contributed by atoms with Crippen LogP contribution < -0.4 is 14.8 Å². The van der Waals surface area contributed by atoms with E-state index in [0.29, 0.717) is 0 Å². The fourth-order valence-electron chi connectivity index (χ4n) is 1.84. The molecule has 2 rings (SSSR count). The van der Waals surface area contributed by atoms with E-state index in [9.17, 15) is 22.4 Å². The largest absolute Gasteiger partial charge is 0.481 e. The number of ether oxygens (including phenoxy) is 2. The summed E-state index contributed by atoms with van der Waals surface area (Å²) in [4.78, 5) is 30.0. The number of sulfonamides is 1. The first kappa shape index (κ1) is 19.1. The number of hydrogen-bond acceptors (Lipinski definition) is 8.